The summed E-state index contributed by atoms with van der Waals surface area (Å²) < 4.78 is 5.15. The van der Waals surface area contributed by atoms with Gasteiger partial charge in [0.05, 0.1) is 5.92 Å². The Morgan fingerprint density at radius 2 is 2.00 bits per heavy atom. The summed E-state index contributed by atoms with van der Waals surface area (Å²) in [7, 11) is 1.51. The molecule has 0 aromatic heterocycles. The number of benzene rings is 1. The Morgan fingerprint density at radius 3 is 2.71 bits per heavy atom. The third-order valence-electron chi connectivity index (χ3n) is 2.86. The van der Waals surface area contributed by atoms with Gasteiger partial charge in [-0.1, -0.05) is 60.7 Å². The molecule has 0 fully saturated rings. The van der Waals surface area contributed by atoms with E-state index in [-0.39, 0.29) is 5.92 Å². The zero-order valence-electron chi connectivity index (χ0n) is 9.78. The van der Waals surface area contributed by atoms with Crippen LogP contribution in [0.25, 0.3) is 6.08 Å². The minimum atomic E-state index is -1.24. The third kappa shape index (κ3) is 2.73. The highest BCUT2D eigenvalue weighted by molar-refractivity contribution is 5.50. The van der Waals surface area contributed by atoms with E-state index in [0.717, 1.165) is 5.56 Å². The molecular formula is C15H16O2. The second kappa shape index (κ2) is 5.13. The number of rotatable bonds is 3. The predicted octanol–water partition coefficient (Wildman–Crippen LogP) is 2.78. The topological polar surface area (TPSA) is 29.5 Å². The molecule has 2 unspecified atom stereocenters. The largest absolute Gasteiger partial charge is 0.362 e. The van der Waals surface area contributed by atoms with Gasteiger partial charge < -0.3 is 9.84 Å². The van der Waals surface area contributed by atoms with Gasteiger partial charge in [0.25, 0.3) is 0 Å². The molecule has 0 radical (unpaired) electrons. The Balaban J connectivity index is 2.16. The maximum atomic E-state index is 10.2. The molecular weight excluding hydrogens is 212 g/mol. The van der Waals surface area contributed by atoms with Crippen molar-refractivity contribution in [1.29, 1.82) is 0 Å². The minimum absolute atomic E-state index is 0.169. The van der Waals surface area contributed by atoms with Gasteiger partial charge in [0.2, 0.25) is 0 Å². The van der Waals surface area contributed by atoms with Crippen molar-refractivity contribution in [2.24, 2.45) is 5.92 Å². The van der Waals surface area contributed by atoms with Crippen molar-refractivity contribution in [3.8, 4) is 0 Å². The fourth-order valence-electron chi connectivity index (χ4n) is 1.81. The second-order valence-electron chi connectivity index (χ2n) is 4.00. The Labute approximate surface area is 102 Å². The molecule has 88 valence electrons. The molecule has 1 N–H and O–H groups in total. The van der Waals surface area contributed by atoms with E-state index in [1.807, 2.05) is 54.6 Å². The molecule has 2 heteroatoms. The standard InChI is InChI=1S/C15H16O2/c1-17-15(16)12-6-5-9-14(15)11-10-13-7-3-2-4-8-13/h2-12,14,16H,1H3/b11-10+. The van der Waals surface area contributed by atoms with Gasteiger partial charge in [-0.3, -0.25) is 0 Å². The molecule has 1 aliphatic rings. The van der Waals surface area contributed by atoms with Gasteiger partial charge in [0.15, 0.2) is 5.79 Å². The van der Waals surface area contributed by atoms with Crippen LogP contribution < -0.4 is 0 Å². The molecule has 0 saturated heterocycles. The van der Waals surface area contributed by atoms with Crippen LogP contribution in [0.4, 0.5) is 0 Å². The fourth-order valence-corrected chi connectivity index (χ4v) is 1.81. The van der Waals surface area contributed by atoms with Crippen LogP contribution in [0.1, 0.15) is 5.56 Å². The number of aliphatic hydroxyl groups is 1. The van der Waals surface area contributed by atoms with Crippen molar-refractivity contribution in [3.63, 3.8) is 0 Å². The van der Waals surface area contributed by atoms with Gasteiger partial charge in [-0.05, 0) is 11.6 Å². The minimum Gasteiger partial charge on any atom is -0.362 e. The van der Waals surface area contributed by atoms with Gasteiger partial charge in [-0.15, -0.1) is 0 Å². The molecule has 17 heavy (non-hydrogen) atoms. The van der Waals surface area contributed by atoms with Crippen LogP contribution >= 0.6 is 0 Å². The van der Waals surface area contributed by atoms with Crippen LogP contribution in [0.15, 0.2) is 60.7 Å². The van der Waals surface area contributed by atoms with E-state index in [2.05, 4.69) is 0 Å². The van der Waals surface area contributed by atoms with Gasteiger partial charge in [-0.25, -0.2) is 0 Å². The number of methoxy groups -OCH3 is 1. The molecule has 2 nitrogen and oxygen atoms in total. The third-order valence-corrected chi connectivity index (χ3v) is 2.86. The molecule has 0 spiro atoms. The van der Waals surface area contributed by atoms with Crippen LogP contribution in [0, 0.1) is 5.92 Å². The first kappa shape index (κ1) is 11.8. The maximum absolute atomic E-state index is 10.2. The van der Waals surface area contributed by atoms with Crippen LogP contribution in [0.5, 0.6) is 0 Å². The highest BCUT2D eigenvalue weighted by atomic mass is 16.6. The van der Waals surface area contributed by atoms with Crippen LogP contribution in [0.2, 0.25) is 0 Å². The van der Waals surface area contributed by atoms with Crippen molar-refractivity contribution in [2.75, 3.05) is 7.11 Å². The van der Waals surface area contributed by atoms with E-state index < -0.39 is 5.79 Å². The smallest absolute Gasteiger partial charge is 0.195 e. The summed E-state index contributed by atoms with van der Waals surface area (Å²) in [6, 6.07) is 9.99. The van der Waals surface area contributed by atoms with Crippen molar-refractivity contribution < 1.29 is 9.84 Å². The van der Waals surface area contributed by atoms with Crippen LogP contribution in [-0.2, 0) is 4.74 Å². The molecule has 1 aliphatic carbocycles. The monoisotopic (exact) mass is 228 g/mol. The normalized spacial score (nSPS) is 27.8. The quantitative estimate of drug-likeness (QED) is 0.806. The summed E-state index contributed by atoms with van der Waals surface area (Å²) in [6.07, 6.45) is 11.2. The number of allylic oxidation sites excluding steroid dienone is 2. The summed E-state index contributed by atoms with van der Waals surface area (Å²) in [4.78, 5) is 0. The molecule has 2 rings (SSSR count). The van der Waals surface area contributed by atoms with E-state index in [9.17, 15) is 5.11 Å². The maximum Gasteiger partial charge on any atom is 0.195 e. The van der Waals surface area contributed by atoms with E-state index in [0.29, 0.717) is 0 Å². The summed E-state index contributed by atoms with van der Waals surface area (Å²) in [5.41, 5.74) is 1.11. The van der Waals surface area contributed by atoms with E-state index in [1.54, 1.807) is 12.2 Å². The SMILES string of the molecule is COC1(O)C=CC=CC1/C=C/c1ccccc1. The fraction of sp³-hybridized carbons (Fsp3) is 0.200. The lowest BCUT2D eigenvalue weighted by molar-refractivity contribution is -0.163. The highest BCUT2D eigenvalue weighted by Crippen LogP contribution is 2.27. The summed E-state index contributed by atoms with van der Waals surface area (Å²) in [6.45, 7) is 0. The lowest BCUT2D eigenvalue weighted by Gasteiger charge is -2.30. The Hall–Kier alpha value is -1.64. The average Bonchev–Trinajstić information content (AvgIpc) is 2.39. The lowest BCUT2D eigenvalue weighted by Crippen LogP contribution is -2.36. The van der Waals surface area contributed by atoms with Crippen LogP contribution in [-0.4, -0.2) is 18.0 Å². The van der Waals surface area contributed by atoms with Crippen molar-refractivity contribution in [1.82, 2.24) is 0 Å². The Morgan fingerprint density at radius 1 is 1.24 bits per heavy atom. The molecule has 0 amide bonds. The van der Waals surface area contributed by atoms with E-state index in [1.165, 1.54) is 7.11 Å². The average molecular weight is 228 g/mol. The van der Waals surface area contributed by atoms with Gasteiger partial charge >= 0.3 is 0 Å². The van der Waals surface area contributed by atoms with E-state index >= 15 is 0 Å². The molecule has 0 bridgehead atoms. The molecule has 2 atom stereocenters. The zero-order chi connectivity index (χ0) is 12.1. The first-order chi connectivity index (χ1) is 8.24. The lowest BCUT2D eigenvalue weighted by atomic mass is 9.93. The Bertz CT molecular complexity index is 445. The summed E-state index contributed by atoms with van der Waals surface area (Å²) in [5, 5.41) is 10.2. The van der Waals surface area contributed by atoms with Gasteiger partial charge in [-0.2, -0.15) is 0 Å². The number of hydrogen-bond acceptors (Lipinski definition) is 2. The van der Waals surface area contributed by atoms with Crippen molar-refractivity contribution in [2.45, 2.75) is 5.79 Å². The summed E-state index contributed by atoms with van der Waals surface area (Å²) >= 11 is 0. The first-order valence-electron chi connectivity index (χ1n) is 5.61. The highest BCUT2D eigenvalue weighted by Gasteiger charge is 2.31. The predicted molar refractivity (Wildman–Crippen MR) is 69.2 cm³/mol. The summed E-state index contributed by atoms with van der Waals surface area (Å²) in [5.74, 6) is -1.40. The molecule has 0 aliphatic heterocycles. The number of ether oxygens (including phenoxy) is 1. The van der Waals surface area contributed by atoms with Gasteiger partial charge in [0.1, 0.15) is 0 Å². The van der Waals surface area contributed by atoms with Crippen LogP contribution in [0.3, 0.4) is 0 Å². The molecule has 1 aromatic carbocycles. The van der Waals surface area contributed by atoms with E-state index in [4.69, 9.17) is 4.74 Å². The number of hydrogen-bond donors (Lipinski definition) is 1. The molecule has 0 saturated carbocycles. The first-order valence-corrected chi connectivity index (χ1v) is 5.61. The van der Waals surface area contributed by atoms with Crippen molar-refractivity contribution >= 4 is 6.08 Å². The van der Waals surface area contributed by atoms with Gasteiger partial charge in [0, 0.05) is 7.11 Å². The molecule has 1 aromatic rings. The second-order valence-corrected chi connectivity index (χ2v) is 4.00. The Kier molecular flexibility index (Phi) is 3.57. The van der Waals surface area contributed by atoms with Crippen molar-refractivity contribution in [3.05, 3.63) is 66.3 Å². The molecule has 0 heterocycles. The zero-order valence-corrected chi connectivity index (χ0v) is 9.78.